The number of aromatic nitrogens is 2. The second-order valence-corrected chi connectivity index (χ2v) is 4.41. The summed E-state index contributed by atoms with van der Waals surface area (Å²) < 4.78 is 0. The van der Waals surface area contributed by atoms with Crippen molar-refractivity contribution in [3.8, 4) is 17.2 Å². The minimum atomic E-state index is 0.448. The number of pyridine rings is 2. The van der Waals surface area contributed by atoms with E-state index in [4.69, 9.17) is 5.26 Å². The van der Waals surface area contributed by atoms with E-state index in [0.717, 1.165) is 27.6 Å². The van der Waals surface area contributed by atoms with Gasteiger partial charge in [-0.25, -0.2) is 4.98 Å². The van der Waals surface area contributed by atoms with Gasteiger partial charge in [-0.1, -0.05) is 12.1 Å². The molecule has 0 radical (unpaired) electrons. The second-order valence-electron chi connectivity index (χ2n) is 4.41. The molecule has 0 N–H and O–H groups in total. The van der Waals surface area contributed by atoms with Crippen molar-refractivity contribution in [3.05, 3.63) is 60.0 Å². The van der Waals surface area contributed by atoms with Crippen LogP contribution in [0.4, 0.5) is 0 Å². The van der Waals surface area contributed by atoms with Crippen molar-refractivity contribution < 1.29 is 0 Å². The summed E-state index contributed by atoms with van der Waals surface area (Å²) in [5.74, 6) is 0. The van der Waals surface area contributed by atoms with E-state index in [2.05, 4.69) is 22.1 Å². The van der Waals surface area contributed by atoms with Crippen LogP contribution in [0.1, 0.15) is 11.3 Å². The van der Waals surface area contributed by atoms with Gasteiger partial charge in [-0.3, -0.25) is 4.98 Å². The van der Waals surface area contributed by atoms with Crippen LogP contribution in [-0.4, -0.2) is 9.97 Å². The lowest BCUT2D eigenvalue weighted by molar-refractivity contribution is 1.23. The number of aryl methyl sites for hydroxylation is 1. The van der Waals surface area contributed by atoms with E-state index in [-0.39, 0.29) is 0 Å². The number of benzene rings is 1. The van der Waals surface area contributed by atoms with Gasteiger partial charge in [0.2, 0.25) is 0 Å². The number of hydrogen-bond donors (Lipinski definition) is 0. The van der Waals surface area contributed by atoms with E-state index in [9.17, 15) is 0 Å². The van der Waals surface area contributed by atoms with E-state index in [1.807, 2.05) is 37.3 Å². The number of hydrogen-bond acceptors (Lipinski definition) is 3. The molecule has 0 aliphatic carbocycles. The van der Waals surface area contributed by atoms with Crippen molar-refractivity contribution >= 4 is 10.9 Å². The third-order valence-corrected chi connectivity index (χ3v) is 3.14. The van der Waals surface area contributed by atoms with Crippen LogP contribution in [-0.2, 0) is 0 Å². The molecule has 0 bridgehead atoms. The molecule has 0 unspecified atom stereocenters. The van der Waals surface area contributed by atoms with Crippen molar-refractivity contribution in [1.82, 2.24) is 9.97 Å². The summed E-state index contributed by atoms with van der Waals surface area (Å²) in [6, 6.07) is 14.0. The Bertz CT molecular complexity index is 800. The molecule has 3 nitrogen and oxygen atoms in total. The molecule has 0 saturated heterocycles. The highest BCUT2D eigenvalue weighted by Crippen LogP contribution is 2.25. The second kappa shape index (κ2) is 4.51. The lowest BCUT2D eigenvalue weighted by Gasteiger charge is -2.07. The molecule has 3 rings (SSSR count). The Morgan fingerprint density at radius 3 is 2.79 bits per heavy atom. The zero-order valence-electron chi connectivity index (χ0n) is 10.5. The van der Waals surface area contributed by atoms with Crippen LogP contribution in [0.2, 0.25) is 0 Å². The summed E-state index contributed by atoms with van der Waals surface area (Å²) in [5.41, 5.74) is 4.61. The molecule has 2 heterocycles. The third-order valence-electron chi connectivity index (χ3n) is 3.14. The Kier molecular flexibility index (Phi) is 2.70. The van der Waals surface area contributed by atoms with Crippen LogP contribution < -0.4 is 0 Å². The molecule has 0 amide bonds. The Morgan fingerprint density at radius 2 is 2.00 bits per heavy atom. The molecule has 0 fully saturated rings. The Morgan fingerprint density at radius 1 is 1.11 bits per heavy atom. The quantitative estimate of drug-likeness (QED) is 0.659. The van der Waals surface area contributed by atoms with Crippen molar-refractivity contribution in [2.24, 2.45) is 0 Å². The van der Waals surface area contributed by atoms with Crippen LogP contribution in [0.25, 0.3) is 22.0 Å². The minimum absolute atomic E-state index is 0.448. The number of rotatable bonds is 1. The molecule has 0 aliphatic rings. The van der Waals surface area contributed by atoms with Crippen molar-refractivity contribution in [3.63, 3.8) is 0 Å². The average Bonchev–Trinajstić information content (AvgIpc) is 2.46. The lowest BCUT2D eigenvalue weighted by atomic mass is 10.0. The predicted octanol–water partition coefficient (Wildman–Crippen LogP) is 3.48. The van der Waals surface area contributed by atoms with E-state index in [1.165, 1.54) is 0 Å². The predicted molar refractivity (Wildman–Crippen MR) is 74.4 cm³/mol. The largest absolute Gasteiger partial charge is 0.256 e. The maximum absolute atomic E-state index is 8.84. The molecular formula is C16H11N3. The highest BCUT2D eigenvalue weighted by molar-refractivity contribution is 5.84. The molecule has 3 aromatic rings. The fourth-order valence-corrected chi connectivity index (χ4v) is 2.16. The maximum Gasteiger partial charge on any atom is 0.140 e. The molecule has 90 valence electrons. The fraction of sp³-hybridized carbons (Fsp3) is 0.0625. The molecule has 19 heavy (non-hydrogen) atoms. The van der Waals surface area contributed by atoms with Crippen LogP contribution in [0.3, 0.4) is 0 Å². The van der Waals surface area contributed by atoms with Gasteiger partial charge in [0.25, 0.3) is 0 Å². The normalized spacial score (nSPS) is 10.3. The lowest BCUT2D eigenvalue weighted by Crippen LogP contribution is -1.89. The zero-order valence-corrected chi connectivity index (χ0v) is 10.5. The van der Waals surface area contributed by atoms with Crippen molar-refractivity contribution in [2.45, 2.75) is 6.92 Å². The SMILES string of the molecule is Cc1cc(C#N)ncc1-c1ccc2ncccc2c1. The van der Waals surface area contributed by atoms with E-state index >= 15 is 0 Å². The summed E-state index contributed by atoms with van der Waals surface area (Å²) in [5, 5.41) is 9.94. The molecule has 0 spiro atoms. The van der Waals surface area contributed by atoms with Gasteiger partial charge >= 0.3 is 0 Å². The Hall–Kier alpha value is -2.73. The van der Waals surface area contributed by atoms with Gasteiger partial charge in [-0.05, 0) is 42.3 Å². The Balaban J connectivity index is 2.17. The molecule has 0 atom stereocenters. The van der Waals surface area contributed by atoms with Gasteiger partial charge in [0.15, 0.2) is 0 Å². The maximum atomic E-state index is 8.84. The number of nitrogens with zero attached hydrogens (tertiary/aromatic N) is 3. The molecule has 3 heteroatoms. The number of nitriles is 1. The monoisotopic (exact) mass is 245 g/mol. The molecule has 1 aromatic carbocycles. The standard InChI is InChI=1S/C16H11N3/c1-11-7-14(9-17)19-10-15(11)12-4-5-16-13(8-12)3-2-6-18-16/h2-8,10H,1H3. The number of fused-ring (bicyclic) bond motifs is 1. The first-order valence-corrected chi connectivity index (χ1v) is 6.00. The molecule has 0 aliphatic heterocycles. The van der Waals surface area contributed by atoms with Gasteiger partial charge in [-0.15, -0.1) is 0 Å². The van der Waals surface area contributed by atoms with E-state index < -0.39 is 0 Å². The highest BCUT2D eigenvalue weighted by atomic mass is 14.7. The summed E-state index contributed by atoms with van der Waals surface area (Å²) in [7, 11) is 0. The smallest absolute Gasteiger partial charge is 0.140 e. The summed E-state index contributed by atoms with van der Waals surface area (Å²) >= 11 is 0. The van der Waals surface area contributed by atoms with Gasteiger partial charge < -0.3 is 0 Å². The third kappa shape index (κ3) is 2.04. The first-order valence-electron chi connectivity index (χ1n) is 6.00. The van der Waals surface area contributed by atoms with Crippen LogP contribution >= 0.6 is 0 Å². The molecule has 0 saturated carbocycles. The van der Waals surface area contributed by atoms with Crippen molar-refractivity contribution in [1.29, 1.82) is 5.26 Å². The molecule has 2 aromatic heterocycles. The molecular weight excluding hydrogens is 234 g/mol. The average molecular weight is 245 g/mol. The van der Waals surface area contributed by atoms with Gasteiger partial charge in [0, 0.05) is 23.3 Å². The summed E-state index contributed by atoms with van der Waals surface area (Å²) in [6.45, 7) is 1.99. The first-order chi connectivity index (χ1) is 9.28. The van der Waals surface area contributed by atoms with Gasteiger partial charge in [0.1, 0.15) is 11.8 Å². The van der Waals surface area contributed by atoms with Crippen LogP contribution in [0, 0.1) is 18.3 Å². The topological polar surface area (TPSA) is 49.6 Å². The fourth-order valence-electron chi connectivity index (χ4n) is 2.16. The van der Waals surface area contributed by atoms with Crippen LogP contribution in [0.15, 0.2) is 48.8 Å². The summed E-state index contributed by atoms with van der Waals surface area (Å²) in [6.07, 6.45) is 3.54. The van der Waals surface area contributed by atoms with Gasteiger partial charge in [0.05, 0.1) is 5.52 Å². The Labute approximate surface area is 111 Å². The van der Waals surface area contributed by atoms with E-state index in [0.29, 0.717) is 5.69 Å². The van der Waals surface area contributed by atoms with Crippen LogP contribution in [0.5, 0.6) is 0 Å². The highest BCUT2D eigenvalue weighted by Gasteiger charge is 2.05. The first kappa shape index (κ1) is 11.4. The van der Waals surface area contributed by atoms with E-state index in [1.54, 1.807) is 12.4 Å². The zero-order chi connectivity index (χ0) is 13.2. The van der Waals surface area contributed by atoms with Crippen molar-refractivity contribution in [2.75, 3.05) is 0 Å². The minimum Gasteiger partial charge on any atom is -0.256 e. The van der Waals surface area contributed by atoms with Gasteiger partial charge in [-0.2, -0.15) is 5.26 Å². The summed E-state index contributed by atoms with van der Waals surface area (Å²) in [4.78, 5) is 8.44.